The van der Waals surface area contributed by atoms with E-state index in [1.807, 2.05) is 18.3 Å². The molecule has 0 spiro atoms. The van der Waals surface area contributed by atoms with Gasteiger partial charge in [-0.05, 0) is 48.6 Å². The average Bonchev–Trinajstić information content (AvgIpc) is 3.42. The number of imidazole rings is 1. The van der Waals surface area contributed by atoms with Gasteiger partial charge in [-0.3, -0.25) is 9.59 Å². The van der Waals surface area contributed by atoms with Gasteiger partial charge >= 0.3 is 0 Å². The molecule has 0 aliphatic carbocycles. The summed E-state index contributed by atoms with van der Waals surface area (Å²) in [6.45, 7) is 0.864. The number of H-pyrrole nitrogens is 1. The molecular weight excluding hydrogens is 464 g/mol. The summed E-state index contributed by atoms with van der Waals surface area (Å²) in [6.07, 6.45) is 8.78. The SMILES string of the molecule is NC(=O)CCCCC[C@H](NC(=O)c1ccnc2c1CCCN2)c1ncc(-c2ccc3ccccc3c2)[nH]1. The first kappa shape index (κ1) is 24.5. The van der Waals surface area contributed by atoms with Gasteiger partial charge in [0.05, 0.1) is 17.9 Å². The van der Waals surface area contributed by atoms with Crippen LogP contribution in [-0.4, -0.2) is 33.3 Å². The van der Waals surface area contributed by atoms with Crippen molar-refractivity contribution < 1.29 is 9.59 Å². The average molecular weight is 497 g/mol. The summed E-state index contributed by atoms with van der Waals surface area (Å²) in [5.41, 5.74) is 8.84. The third-order valence-corrected chi connectivity index (χ3v) is 6.90. The second-order valence-corrected chi connectivity index (χ2v) is 9.55. The number of nitrogens with zero attached hydrogens (tertiary/aromatic N) is 2. The molecule has 3 heterocycles. The fraction of sp³-hybridized carbons (Fsp3) is 0.310. The Balaban J connectivity index is 1.37. The highest BCUT2D eigenvalue weighted by Gasteiger charge is 2.23. The van der Waals surface area contributed by atoms with E-state index < -0.39 is 0 Å². The van der Waals surface area contributed by atoms with Crippen molar-refractivity contribution in [3.05, 3.63) is 77.9 Å². The molecule has 0 unspecified atom stereocenters. The molecule has 2 amide bonds. The number of carbonyl (C=O) groups excluding carboxylic acids is 2. The maximum Gasteiger partial charge on any atom is 0.252 e. The number of rotatable bonds is 10. The minimum atomic E-state index is -0.296. The van der Waals surface area contributed by atoms with Gasteiger partial charge in [0.15, 0.2) is 0 Å². The van der Waals surface area contributed by atoms with Crippen LogP contribution >= 0.6 is 0 Å². The van der Waals surface area contributed by atoms with Crippen molar-refractivity contribution in [1.82, 2.24) is 20.3 Å². The van der Waals surface area contributed by atoms with Gasteiger partial charge in [-0.1, -0.05) is 49.2 Å². The van der Waals surface area contributed by atoms with Crippen LogP contribution in [0.2, 0.25) is 0 Å². The van der Waals surface area contributed by atoms with Crippen LogP contribution in [0.5, 0.6) is 0 Å². The molecule has 2 aromatic heterocycles. The van der Waals surface area contributed by atoms with Gasteiger partial charge in [-0.25, -0.2) is 9.97 Å². The summed E-state index contributed by atoms with van der Waals surface area (Å²) in [7, 11) is 0. The molecule has 0 fully saturated rings. The van der Waals surface area contributed by atoms with E-state index in [9.17, 15) is 9.59 Å². The summed E-state index contributed by atoms with van der Waals surface area (Å²) >= 11 is 0. The van der Waals surface area contributed by atoms with E-state index in [-0.39, 0.29) is 17.9 Å². The fourth-order valence-corrected chi connectivity index (χ4v) is 4.94. The number of benzene rings is 2. The van der Waals surface area contributed by atoms with E-state index in [1.54, 1.807) is 12.3 Å². The Morgan fingerprint density at radius 1 is 1.03 bits per heavy atom. The van der Waals surface area contributed by atoms with Crippen LogP contribution in [0.1, 0.15) is 66.3 Å². The number of nitrogens with two attached hydrogens (primary N) is 1. The van der Waals surface area contributed by atoms with E-state index in [2.05, 4.69) is 55.9 Å². The van der Waals surface area contributed by atoms with Gasteiger partial charge in [0.2, 0.25) is 5.91 Å². The monoisotopic (exact) mass is 496 g/mol. The molecule has 0 radical (unpaired) electrons. The quantitative estimate of drug-likeness (QED) is 0.233. The van der Waals surface area contributed by atoms with Crippen LogP contribution in [0.3, 0.4) is 0 Å². The highest BCUT2D eigenvalue weighted by molar-refractivity contribution is 5.97. The lowest BCUT2D eigenvalue weighted by Gasteiger charge is -2.21. The van der Waals surface area contributed by atoms with Crippen LogP contribution < -0.4 is 16.4 Å². The van der Waals surface area contributed by atoms with Crippen LogP contribution in [0, 0.1) is 0 Å². The highest BCUT2D eigenvalue weighted by Crippen LogP contribution is 2.27. The van der Waals surface area contributed by atoms with Gasteiger partial charge < -0.3 is 21.4 Å². The first-order chi connectivity index (χ1) is 18.1. The summed E-state index contributed by atoms with van der Waals surface area (Å²) in [6, 6.07) is 16.1. The van der Waals surface area contributed by atoms with Crippen LogP contribution in [-0.2, 0) is 11.2 Å². The van der Waals surface area contributed by atoms with Crippen molar-refractivity contribution in [2.45, 2.75) is 51.0 Å². The predicted octanol–water partition coefficient (Wildman–Crippen LogP) is 4.89. The second-order valence-electron chi connectivity index (χ2n) is 9.55. The second kappa shape index (κ2) is 11.2. The lowest BCUT2D eigenvalue weighted by molar-refractivity contribution is -0.118. The summed E-state index contributed by atoms with van der Waals surface area (Å²) in [5, 5.41) is 8.84. The van der Waals surface area contributed by atoms with Crippen LogP contribution in [0.15, 0.2) is 60.9 Å². The number of aromatic amines is 1. The Kier molecular flexibility index (Phi) is 7.44. The number of fused-ring (bicyclic) bond motifs is 2. The molecule has 0 saturated heterocycles. The molecule has 5 rings (SSSR count). The van der Waals surface area contributed by atoms with Gasteiger partial charge in [0.1, 0.15) is 11.6 Å². The number of carbonyl (C=O) groups is 2. The van der Waals surface area contributed by atoms with E-state index in [1.165, 1.54) is 5.39 Å². The lowest BCUT2D eigenvalue weighted by atomic mass is 10.00. The first-order valence-electron chi connectivity index (χ1n) is 12.9. The Morgan fingerprint density at radius 2 is 1.89 bits per heavy atom. The zero-order valence-corrected chi connectivity index (χ0v) is 20.8. The van der Waals surface area contributed by atoms with Gasteiger partial charge in [-0.2, -0.15) is 0 Å². The Bertz CT molecular complexity index is 1410. The zero-order chi connectivity index (χ0) is 25.6. The van der Waals surface area contributed by atoms with Crippen LogP contribution in [0.4, 0.5) is 5.82 Å². The topological polar surface area (TPSA) is 126 Å². The molecule has 8 heteroatoms. The van der Waals surface area contributed by atoms with E-state index >= 15 is 0 Å². The first-order valence-corrected chi connectivity index (χ1v) is 12.9. The van der Waals surface area contributed by atoms with E-state index in [4.69, 9.17) is 5.73 Å². The number of anilines is 1. The maximum absolute atomic E-state index is 13.4. The van der Waals surface area contributed by atoms with Crippen molar-refractivity contribution in [2.75, 3.05) is 11.9 Å². The molecule has 1 atom stereocenters. The van der Waals surface area contributed by atoms with Gasteiger partial charge in [-0.15, -0.1) is 0 Å². The molecule has 190 valence electrons. The van der Waals surface area contributed by atoms with Crippen molar-refractivity contribution in [1.29, 1.82) is 0 Å². The summed E-state index contributed by atoms with van der Waals surface area (Å²) in [4.78, 5) is 37.0. The van der Waals surface area contributed by atoms with Crippen molar-refractivity contribution >= 4 is 28.4 Å². The Labute approximate surface area is 216 Å². The van der Waals surface area contributed by atoms with Gasteiger partial charge in [0.25, 0.3) is 5.91 Å². The Morgan fingerprint density at radius 3 is 2.76 bits per heavy atom. The normalized spacial score (nSPS) is 13.5. The number of primary amides is 1. The standard InChI is InChI=1S/C29H32N6O2/c30-26(36)11-3-1-2-10-24(35-29(37)23-14-16-32-27-22(23)9-6-15-31-27)28-33-18-25(34-28)21-13-12-19-7-4-5-8-20(19)17-21/h4-5,7-8,12-14,16-18,24H,1-3,6,9-11,15H2,(H2,30,36)(H,31,32)(H,33,34)(H,35,37)/t24-/m0/s1. The number of pyridine rings is 1. The molecule has 0 bridgehead atoms. The number of amides is 2. The molecule has 2 aromatic carbocycles. The molecule has 37 heavy (non-hydrogen) atoms. The molecule has 0 saturated carbocycles. The summed E-state index contributed by atoms with van der Waals surface area (Å²) in [5.74, 6) is 1.09. The Hall–Kier alpha value is -4.20. The number of hydrogen-bond donors (Lipinski definition) is 4. The molecule has 1 aliphatic rings. The van der Waals surface area contributed by atoms with Gasteiger partial charge in [0, 0.05) is 35.9 Å². The fourth-order valence-electron chi connectivity index (χ4n) is 4.94. The van der Waals surface area contributed by atoms with Crippen molar-refractivity contribution in [2.24, 2.45) is 5.73 Å². The number of hydrogen-bond acceptors (Lipinski definition) is 5. The number of aromatic nitrogens is 3. The molecule has 8 nitrogen and oxygen atoms in total. The molecule has 1 aliphatic heterocycles. The largest absolute Gasteiger partial charge is 0.370 e. The maximum atomic E-state index is 13.4. The van der Waals surface area contributed by atoms with Crippen molar-refractivity contribution in [3.8, 4) is 11.3 Å². The predicted molar refractivity (Wildman–Crippen MR) is 145 cm³/mol. The molecular formula is C29H32N6O2. The smallest absolute Gasteiger partial charge is 0.252 e. The number of unbranched alkanes of at least 4 members (excludes halogenated alkanes) is 2. The van der Waals surface area contributed by atoms with Crippen molar-refractivity contribution in [3.63, 3.8) is 0 Å². The highest BCUT2D eigenvalue weighted by atomic mass is 16.2. The lowest BCUT2D eigenvalue weighted by Crippen LogP contribution is -2.31. The third-order valence-electron chi connectivity index (χ3n) is 6.90. The number of nitrogens with one attached hydrogen (secondary N) is 3. The minimum absolute atomic E-state index is 0.131. The zero-order valence-electron chi connectivity index (χ0n) is 20.8. The van der Waals surface area contributed by atoms with Crippen LogP contribution in [0.25, 0.3) is 22.0 Å². The third kappa shape index (κ3) is 5.80. The van der Waals surface area contributed by atoms with E-state index in [0.717, 1.165) is 66.7 Å². The minimum Gasteiger partial charge on any atom is -0.370 e. The molecule has 5 N–H and O–H groups in total. The van der Waals surface area contributed by atoms with E-state index in [0.29, 0.717) is 24.2 Å². The summed E-state index contributed by atoms with van der Waals surface area (Å²) < 4.78 is 0. The molecule has 4 aromatic rings.